The minimum Gasteiger partial charge on any atom is -0.496 e. The summed E-state index contributed by atoms with van der Waals surface area (Å²) in [6.07, 6.45) is 2.69. The van der Waals surface area contributed by atoms with E-state index in [0.29, 0.717) is 23.5 Å². The van der Waals surface area contributed by atoms with Gasteiger partial charge >= 0.3 is 0 Å². The van der Waals surface area contributed by atoms with E-state index in [4.69, 9.17) is 4.74 Å². The number of fused-ring (bicyclic) bond motifs is 1. The molecule has 0 unspecified atom stereocenters. The second kappa shape index (κ2) is 10.0. The van der Waals surface area contributed by atoms with E-state index in [0.717, 1.165) is 40.1 Å². The topological polar surface area (TPSA) is 71.5 Å². The van der Waals surface area contributed by atoms with E-state index in [1.54, 1.807) is 24.3 Å². The van der Waals surface area contributed by atoms with Gasteiger partial charge in [0.25, 0.3) is 5.91 Å². The quantitative estimate of drug-likeness (QED) is 0.401. The molecule has 6 nitrogen and oxygen atoms in total. The average Bonchev–Trinajstić information content (AvgIpc) is 3.33. The van der Waals surface area contributed by atoms with Gasteiger partial charge in [0.15, 0.2) is 0 Å². The molecule has 1 aliphatic rings. The Kier molecular flexibility index (Phi) is 6.50. The minimum atomic E-state index is -0.217. The number of nitrogens with one attached hydrogen (secondary N) is 1. The summed E-state index contributed by atoms with van der Waals surface area (Å²) in [5, 5.41) is 3.04. The van der Waals surface area contributed by atoms with Crippen LogP contribution in [0, 0.1) is 6.92 Å². The molecule has 6 heteroatoms. The molecule has 36 heavy (non-hydrogen) atoms. The van der Waals surface area contributed by atoms with Gasteiger partial charge in [-0.2, -0.15) is 0 Å². The number of nitrogens with zero attached hydrogens (tertiary/aromatic N) is 2. The number of benzene rings is 3. The summed E-state index contributed by atoms with van der Waals surface area (Å²) in [6, 6.07) is 24.8. The van der Waals surface area contributed by atoms with Crippen molar-refractivity contribution in [1.29, 1.82) is 0 Å². The van der Waals surface area contributed by atoms with E-state index in [2.05, 4.69) is 10.3 Å². The second-order valence-electron chi connectivity index (χ2n) is 8.84. The van der Waals surface area contributed by atoms with Crippen LogP contribution in [-0.2, 0) is 17.6 Å². The highest BCUT2D eigenvalue weighted by atomic mass is 16.5. The van der Waals surface area contributed by atoms with Gasteiger partial charge in [-0.15, -0.1) is 0 Å². The first kappa shape index (κ1) is 23.3. The molecule has 180 valence electrons. The molecule has 2 heterocycles. The van der Waals surface area contributed by atoms with E-state index in [-0.39, 0.29) is 18.2 Å². The number of hydrogen-bond donors (Lipinski definition) is 1. The molecular weight excluding hydrogens is 450 g/mol. The molecule has 0 radical (unpaired) electrons. The predicted octanol–water partition coefficient (Wildman–Crippen LogP) is 5.45. The van der Waals surface area contributed by atoms with Gasteiger partial charge in [-0.1, -0.05) is 42.0 Å². The second-order valence-corrected chi connectivity index (χ2v) is 8.84. The largest absolute Gasteiger partial charge is 0.496 e. The van der Waals surface area contributed by atoms with Crippen LogP contribution in [0.15, 0.2) is 85.1 Å². The monoisotopic (exact) mass is 477 g/mol. The summed E-state index contributed by atoms with van der Waals surface area (Å²) < 4.78 is 5.59. The number of pyridine rings is 1. The van der Waals surface area contributed by atoms with Crippen LogP contribution in [0.2, 0.25) is 0 Å². The number of ether oxygens (including phenoxy) is 1. The number of carbonyl (C=O) groups is 2. The van der Waals surface area contributed by atoms with Crippen LogP contribution in [0.3, 0.4) is 0 Å². The Hall–Kier alpha value is -4.45. The summed E-state index contributed by atoms with van der Waals surface area (Å²) in [5.41, 5.74) is 6.71. The first-order chi connectivity index (χ1) is 17.5. The van der Waals surface area contributed by atoms with E-state index in [1.165, 1.54) is 0 Å². The van der Waals surface area contributed by atoms with Gasteiger partial charge in [-0.05, 0) is 66.9 Å². The zero-order valence-electron chi connectivity index (χ0n) is 20.3. The Bertz CT molecular complexity index is 1420. The Labute approximate surface area is 210 Å². The maximum Gasteiger partial charge on any atom is 0.256 e. The SMILES string of the molecule is COc1cccc(C(=O)Nc2ccc3c(c2)CCN3C(=O)Cc2ccccn2)c1-c1ccc(C)cc1. The molecule has 0 bridgehead atoms. The Morgan fingerprint density at radius 3 is 2.58 bits per heavy atom. The average molecular weight is 478 g/mol. The molecule has 4 aromatic rings. The fraction of sp³-hybridized carbons (Fsp3) is 0.167. The van der Waals surface area contributed by atoms with Crippen molar-refractivity contribution in [3.05, 3.63) is 107 Å². The van der Waals surface area contributed by atoms with E-state index >= 15 is 0 Å². The third kappa shape index (κ3) is 4.70. The van der Waals surface area contributed by atoms with Crippen molar-refractivity contribution in [2.24, 2.45) is 0 Å². The summed E-state index contributed by atoms with van der Waals surface area (Å²) in [6.45, 7) is 2.65. The number of anilines is 2. The number of amides is 2. The van der Waals surface area contributed by atoms with Crippen molar-refractivity contribution in [2.75, 3.05) is 23.9 Å². The lowest BCUT2D eigenvalue weighted by atomic mass is 9.97. The Morgan fingerprint density at radius 2 is 1.83 bits per heavy atom. The highest BCUT2D eigenvalue weighted by Gasteiger charge is 2.25. The first-order valence-corrected chi connectivity index (χ1v) is 11.9. The maximum atomic E-state index is 13.4. The molecule has 3 aromatic carbocycles. The first-order valence-electron chi connectivity index (χ1n) is 11.9. The summed E-state index contributed by atoms with van der Waals surface area (Å²) in [4.78, 5) is 32.3. The smallest absolute Gasteiger partial charge is 0.256 e. The van der Waals surface area contributed by atoms with Crippen molar-refractivity contribution >= 4 is 23.2 Å². The molecule has 5 rings (SSSR count). The lowest BCUT2D eigenvalue weighted by Crippen LogP contribution is -2.30. The van der Waals surface area contributed by atoms with Gasteiger partial charge in [0.05, 0.1) is 19.1 Å². The number of aryl methyl sites for hydroxylation is 1. The molecule has 1 aromatic heterocycles. The van der Waals surface area contributed by atoms with Crippen LogP contribution in [0.1, 0.15) is 27.2 Å². The van der Waals surface area contributed by atoms with Crippen LogP contribution < -0.4 is 15.0 Å². The standard InChI is InChI=1S/C30H27N3O3/c1-20-9-11-21(12-10-20)29-25(7-5-8-27(29)36-2)30(35)32-24-13-14-26-22(18-24)15-17-33(26)28(34)19-23-6-3-4-16-31-23/h3-14,16,18H,15,17,19H2,1-2H3,(H,32,35). The number of rotatable bonds is 6. The summed E-state index contributed by atoms with van der Waals surface area (Å²) >= 11 is 0. The number of aromatic nitrogens is 1. The molecule has 1 aliphatic heterocycles. The normalized spacial score (nSPS) is 12.2. The highest BCUT2D eigenvalue weighted by molar-refractivity contribution is 6.10. The third-order valence-corrected chi connectivity index (χ3v) is 6.42. The van der Waals surface area contributed by atoms with Crippen molar-refractivity contribution in [3.8, 4) is 16.9 Å². The number of methoxy groups -OCH3 is 1. The van der Waals surface area contributed by atoms with Gasteiger partial charge in [-0.3, -0.25) is 14.6 Å². The fourth-order valence-electron chi connectivity index (χ4n) is 4.60. The van der Waals surface area contributed by atoms with Crippen LogP contribution in [0.4, 0.5) is 11.4 Å². The van der Waals surface area contributed by atoms with Crippen LogP contribution in [0.25, 0.3) is 11.1 Å². The van der Waals surface area contributed by atoms with E-state index in [1.807, 2.05) is 79.7 Å². The summed E-state index contributed by atoms with van der Waals surface area (Å²) in [7, 11) is 1.61. The predicted molar refractivity (Wildman–Crippen MR) is 142 cm³/mol. The lowest BCUT2D eigenvalue weighted by Gasteiger charge is -2.18. The number of carbonyl (C=O) groups excluding carboxylic acids is 2. The molecule has 0 atom stereocenters. The zero-order valence-corrected chi connectivity index (χ0v) is 20.3. The van der Waals surface area contributed by atoms with Crippen molar-refractivity contribution in [2.45, 2.75) is 19.8 Å². The van der Waals surface area contributed by atoms with Crippen LogP contribution in [-0.4, -0.2) is 30.5 Å². The lowest BCUT2D eigenvalue weighted by molar-refractivity contribution is -0.117. The van der Waals surface area contributed by atoms with Crippen LogP contribution in [0.5, 0.6) is 5.75 Å². The minimum absolute atomic E-state index is 0.0170. The number of hydrogen-bond acceptors (Lipinski definition) is 4. The van der Waals surface area contributed by atoms with Crippen molar-refractivity contribution < 1.29 is 14.3 Å². The van der Waals surface area contributed by atoms with Crippen molar-refractivity contribution in [3.63, 3.8) is 0 Å². The molecule has 0 saturated carbocycles. The molecular formula is C30H27N3O3. The maximum absolute atomic E-state index is 13.4. The molecule has 1 N–H and O–H groups in total. The van der Waals surface area contributed by atoms with Gasteiger partial charge in [-0.25, -0.2) is 0 Å². The van der Waals surface area contributed by atoms with Crippen molar-refractivity contribution in [1.82, 2.24) is 4.98 Å². The van der Waals surface area contributed by atoms with Gasteiger partial charge in [0.2, 0.25) is 5.91 Å². The van der Waals surface area contributed by atoms with Crippen LogP contribution >= 0.6 is 0 Å². The summed E-state index contributed by atoms with van der Waals surface area (Å²) in [5.74, 6) is 0.441. The Balaban J connectivity index is 1.37. The Morgan fingerprint density at radius 1 is 1.00 bits per heavy atom. The van der Waals surface area contributed by atoms with E-state index < -0.39 is 0 Å². The molecule has 0 fully saturated rings. The van der Waals surface area contributed by atoms with Gasteiger partial charge < -0.3 is 15.0 Å². The highest BCUT2D eigenvalue weighted by Crippen LogP contribution is 2.35. The molecule has 0 aliphatic carbocycles. The zero-order chi connectivity index (χ0) is 25.1. The molecule has 0 saturated heterocycles. The molecule has 0 spiro atoms. The fourth-order valence-corrected chi connectivity index (χ4v) is 4.60. The van der Waals surface area contributed by atoms with E-state index in [9.17, 15) is 9.59 Å². The van der Waals surface area contributed by atoms with Gasteiger partial charge in [0.1, 0.15) is 5.75 Å². The molecule has 2 amide bonds. The third-order valence-electron chi connectivity index (χ3n) is 6.42. The van der Waals surface area contributed by atoms with Gasteiger partial charge in [0, 0.05) is 35.4 Å².